The Labute approximate surface area is 352 Å². The van der Waals surface area contributed by atoms with E-state index in [4.69, 9.17) is 15.0 Å². The lowest BCUT2D eigenvalue weighted by Crippen LogP contribution is -2.15. The Kier molecular flexibility index (Phi) is 7.54. The standard InChI is InChI=1S/C55H36N6/c1-55(2)43-22-12-9-19-40(43)46-49(55)47-41-20-10-13-23-44(41)61(51(47)48-42-21-11-14-24-45(42)60(50(46)48)38-17-7-4-8-18-38)39-31-29-37(30-32-39)54-58-52(35-15-5-3-6-16-35)57-53(59-54)36-27-25-34(33-56)26-28-36/h3-32H,1-2H3. The summed E-state index contributed by atoms with van der Waals surface area (Å²) in [5.74, 6) is 1.72. The van der Waals surface area contributed by atoms with Crippen molar-refractivity contribution in [3.63, 3.8) is 0 Å². The fraction of sp³-hybridized carbons (Fsp3) is 0.0545. The van der Waals surface area contributed by atoms with E-state index in [9.17, 15) is 5.26 Å². The Morgan fingerprint density at radius 3 is 1.56 bits per heavy atom. The largest absolute Gasteiger partial charge is 0.309 e. The van der Waals surface area contributed by atoms with Crippen LogP contribution in [-0.2, 0) is 5.41 Å². The van der Waals surface area contributed by atoms with Crippen LogP contribution in [0.5, 0.6) is 0 Å². The molecule has 3 heterocycles. The van der Waals surface area contributed by atoms with Gasteiger partial charge in [-0.05, 0) is 89.5 Å². The van der Waals surface area contributed by atoms with Crippen molar-refractivity contribution in [3.05, 3.63) is 199 Å². The fourth-order valence-corrected chi connectivity index (χ4v) is 9.87. The van der Waals surface area contributed by atoms with Gasteiger partial charge in [-0.1, -0.05) is 123 Å². The van der Waals surface area contributed by atoms with Crippen molar-refractivity contribution >= 4 is 43.6 Å². The van der Waals surface area contributed by atoms with Crippen LogP contribution >= 0.6 is 0 Å². The molecule has 0 radical (unpaired) electrons. The fourth-order valence-electron chi connectivity index (χ4n) is 9.87. The molecule has 286 valence electrons. The van der Waals surface area contributed by atoms with Crippen LogP contribution in [0.1, 0.15) is 30.5 Å². The van der Waals surface area contributed by atoms with Crippen LogP contribution in [0, 0.1) is 11.3 Å². The summed E-state index contributed by atoms with van der Waals surface area (Å²) in [6, 6.07) is 65.8. The number of rotatable bonds is 5. The molecule has 12 rings (SSSR count). The van der Waals surface area contributed by atoms with Crippen LogP contribution in [0.4, 0.5) is 0 Å². The Balaban J connectivity index is 1.15. The minimum atomic E-state index is -0.267. The third-order valence-corrected chi connectivity index (χ3v) is 12.6. The van der Waals surface area contributed by atoms with Gasteiger partial charge in [-0.2, -0.15) is 5.26 Å². The molecular formula is C55H36N6. The lowest BCUT2D eigenvalue weighted by atomic mass is 9.80. The SMILES string of the molecule is CC1(C)c2ccccc2-c2c1c1c3ccccc3n(-c3ccc(-c4nc(-c5ccccc5)nc(-c5ccc(C#N)cc5)n4)cc3)c1c1c3ccccc3n(-c3ccccc3)c21. The van der Waals surface area contributed by atoms with E-state index < -0.39 is 0 Å². The van der Waals surface area contributed by atoms with Gasteiger partial charge >= 0.3 is 0 Å². The second kappa shape index (κ2) is 13.2. The number of hydrogen-bond donors (Lipinski definition) is 0. The predicted molar refractivity (Wildman–Crippen MR) is 247 cm³/mol. The number of para-hydroxylation sites is 3. The van der Waals surface area contributed by atoms with Crippen molar-refractivity contribution in [2.24, 2.45) is 0 Å². The number of nitriles is 1. The van der Waals surface area contributed by atoms with Gasteiger partial charge in [0.1, 0.15) is 0 Å². The lowest BCUT2D eigenvalue weighted by molar-refractivity contribution is 0.667. The molecule has 0 atom stereocenters. The topological polar surface area (TPSA) is 72.3 Å². The molecule has 0 amide bonds. The Morgan fingerprint density at radius 1 is 0.459 bits per heavy atom. The number of aromatic nitrogens is 5. The highest BCUT2D eigenvalue weighted by Gasteiger charge is 2.41. The van der Waals surface area contributed by atoms with E-state index in [1.165, 1.54) is 60.3 Å². The smallest absolute Gasteiger partial charge is 0.164 e. The second-order valence-corrected chi connectivity index (χ2v) is 16.3. The average molecular weight is 781 g/mol. The summed E-state index contributed by atoms with van der Waals surface area (Å²) in [5, 5.41) is 14.4. The molecule has 0 bridgehead atoms. The van der Waals surface area contributed by atoms with Crippen molar-refractivity contribution in [1.82, 2.24) is 24.1 Å². The Morgan fingerprint density at radius 2 is 0.934 bits per heavy atom. The summed E-state index contributed by atoms with van der Waals surface area (Å²) in [5.41, 5.74) is 15.2. The maximum absolute atomic E-state index is 9.45. The van der Waals surface area contributed by atoms with Crippen LogP contribution < -0.4 is 0 Å². The third-order valence-electron chi connectivity index (χ3n) is 12.6. The zero-order chi connectivity index (χ0) is 40.8. The number of nitrogens with zero attached hydrogens (tertiary/aromatic N) is 6. The maximum atomic E-state index is 9.45. The molecule has 0 saturated heterocycles. The van der Waals surface area contributed by atoms with E-state index in [2.05, 4.69) is 156 Å². The molecule has 0 aliphatic heterocycles. The molecule has 1 aliphatic rings. The molecular weight excluding hydrogens is 745 g/mol. The first kappa shape index (κ1) is 34.9. The van der Waals surface area contributed by atoms with E-state index in [1.54, 1.807) is 12.1 Å². The van der Waals surface area contributed by atoms with Gasteiger partial charge < -0.3 is 9.13 Å². The highest BCUT2D eigenvalue weighted by atomic mass is 15.0. The molecule has 6 heteroatoms. The molecule has 6 nitrogen and oxygen atoms in total. The molecule has 0 saturated carbocycles. The monoisotopic (exact) mass is 780 g/mol. The van der Waals surface area contributed by atoms with E-state index >= 15 is 0 Å². The van der Waals surface area contributed by atoms with Crippen LogP contribution in [0.25, 0.3) is 100 Å². The van der Waals surface area contributed by atoms with Gasteiger partial charge in [0.05, 0.1) is 33.7 Å². The molecule has 0 spiro atoms. The Bertz CT molecular complexity index is 3590. The first-order valence-electron chi connectivity index (χ1n) is 20.6. The molecule has 1 aliphatic carbocycles. The first-order chi connectivity index (χ1) is 30.0. The zero-order valence-electron chi connectivity index (χ0n) is 33.5. The third kappa shape index (κ3) is 5.11. The van der Waals surface area contributed by atoms with Gasteiger partial charge in [0, 0.05) is 60.6 Å². The molecule has 0 unspecified atom stereocenters. The van der Waals surface area contributed by atoms with Crippen molar-refractivity contribution < 1.29 is 0 Å². The van der Waals surface area contributed by atoms with Crippen molar-refractivity contribution in [2.75, 3.05) is 0 Å². The lowest BCUT2D eigenvalue weighted by Gasteiger charge is -2.23. The highest BCUT2D eigenvalue weighted by Crippen LogP contribution is 2.58. The van der Waals surface area contributed by atoms with Gasteiger partial charge in [0.2, 0.25) is 0 Å². The summed E-state index contributed by atoms with van der Waals surface area (Å²) in [6.07, 6.45) is 0. The van der Waals surface area contributed by atoms with Gasteiger partial charge in [-0.15, -0.1) is 0 Å². The van der Waals surface area contributed by atoms with E-state index in [-0.39, 0.29) is 5.41 Å². The van der Waals surface area contributed by atoms with Crippen LogP contribution in [0.3, 0.4) is 0 Å². The summed E-state index contributed by atoms with van der Waals surface area (Å²) in [6.45, 7) is 4.79. The quantitative estimate of drug-likeness (QED) is 0.174. The molecule has 0 fully saturated rings. The predicted octanol–water partition coefficient (Wildman–Crippen LogP) is 13.2. The van der Waals surface area contributed by atoms with Crippen LogP contribution in [0.15, 0.2) is 182 Å². The second-order valence-electron chi connectivity index (χ2n) is 16.3. The normalized spacial score (nSPS) is 12.9. The first-order valence-corrected chi connectivity index (χ1v) is 20.6. The molecule has 61 heavy (non-hydrogen) atoms. The zero-order valence-corrected chi connectivity index (χ0v) is 33.5. The summed E-state index contributed by atoms with van der Waals surface area (Å²) in [7, 11) is 0. The van der Waals surface area contributed by atoms with E-state index in [1.807, 2.05) is 42.5 Å². The highest BCUT2D eigenvalue weighted by molar-refractivity contribution is 6.31. The van der Waals surface area contributed by atoms with Gasteiger partial charge in [-0.25, -0.2) is 15.0 Å². The van der Waals surface area contributed by atoms with Gasteiger partial charge in [0.25, 0.3) is 0 Å². The van der Waals surface area contributed by atoms with E-state index in [0.29, 0.717) is 23.0 Å². The molecule has 11 aromatic rings. The van der Waals surface area contributed by atoms with E-state index in [0.717, 1.165) is 33.6 Å². The molecule has 8 aromatic carbocycles. The number of hydrogen-bond acceptors (Lipinski definition) is 4. The number of benzene rings is 8. The number of fused-ring (bicyclic) bond motifs is 12. The van der Waals surface area contributed by atoms with Crippen molar-refractivity contribution in [2.45, 2.75) is 19.3 Å². The molecule has 0 N–H and O–H groups in total. The van der Waals surface area contributed by atoms with Crippen LogP contribution in [-0.4, -0.2) is 24.1 Å². The van der Waals surface area contributed by atoms with Crippen molar-refractivity contribution in [3.8, 4) is 62.7 Å². The minimum absolute atomic E-state index is 0.267. The van der Waals surface area contributed by atoms with Gasteiger partial charge in [0.15, 0.2) is 17.5 Å². The summed E-state index contributed by atoms with van der Waals surface area (Å²) < 4.78 is 4.96. The van der Waals surface area contributed by atoms with Crippen molar-refractivity contribution in [1.29, 1.82) is 5.26 Å². The maximum Gasteiger partial charge on any atom is 0.164 e. The Hall–Kier alpha value is -8.14. The van der Waals surface area contributed by atoms with Gasteiger partial charge in [-0.3, -0.25) is 0 Å². The minimum Gasteiger partial charge on any atom is -0.309 e. The summed E-state index contributed by atoms with van der Waals surface area (Å²) in [4.78, 5) is 14.9. The van der Waals surface area contributed by atoms with Crippen LogP contribution in [0.2, 0.25) is 0 Å². The molecule has 3 aromatic heterocycles. The average Bonchev–Trinajstić information content (AvgIpc) is 3.93. The summed E-state index contributed by atoms with van der Waals surface area (Å²) >= 11 is 0.